The summed E-state index contributed by atoms with van der Waals surface area (Å²) in [6, 6.07) is 8.80. The summed E-state index contributed by atoms with van der Waals surface area (Å²) < 4.78 is 6.23. The molecule has 2 atom stereocenters. The van der Waals surface area contributed by atoms with Crippen molar-refractivity contribution in [2.24, 2.45) is 0 Å². The molecule has 19 heavy (non-hydrogen) atoms. The molecule has 2 N–H and O–H groups in total. The first-order valence-electron chi connectivity index (χ1n) is 7.41. The van der Waals surface area contributed by atoms with E-state index in [1.807, 2.05) is 6.07 Å². The minimum Gasteiger partial charge on any atom is -0.487 e. The van der Waals surface area contributed by atoms with E-state index in [0.717, 1.165) is 31.4 Å². The maximum atomic E-state index is 9.41. The second-order valence-electron chi connectivity index (χ2n) is 5.89. The summed E-state index contributed by atoms with van der Waals surface area (Å²) in [7, 11) is 0. The van der Waals surface area contributed by atoms with Gasteiger partial charge >= 0.3 is 0 Å². The standard InChI is InChI=1S/C16H23NO2/c1-2-12(11-18)17-14-10-16(8-5-9-16)19-15-7-4-3-6-13(14)15/h3-4,6-7,12,14,17-18H,2,5,8-11H2,1H3. The van der Waals surface area contributed by atoms with E-state index in [0.29, 0.717) is 6.04 Å². The Kier molecular flexibility index (Phi) is 3.50. The van der Waals surface area contributed by atoms with Crippen LogP contribution in [0.25, 0.3) is 0 Å². The zero-order chi connectivity index (χ0) is 13.3. The molecule has 1 aliphatic heterocycles. The van der Waals surface area contributed by atoms with E-state index in [-0.39, 0.29) is 18.2 Å². The van der Waals surface area contributed by atoms with E-state index in [4.69, 9.17) is 4.74 Å². The number of rotatable bonds is 4. The molecule has 3 nitrogen and oxygen atoms in total. The quantitative estimate of drug-likeness (QED) is 0.875. The first-order chi connectivity index (χ1) is 9.26. The fourth-order valence-corrected chi connectivity index (χ4v) is 3.23. The predicted molar refractivity (Wildman–Crippen MR) is 75.3 cm³/mol. The topological polar surface area (TPSA) is 41.5 Å². The van der Waals surface area contributed by atoms with E-state index in [9.17, 15) is 5.11 Å². The lowest BCUT2D eigenvalue weighted by atomic mass is 9.73. The van der Waals surface area contributed by atoms with E-state index in [1.54, 1.807) is 0 Å². The Morgan fingerprint density at radius 2 is 2.21 bits per heavy atom. The molecule has 0 aromatic heterocycles. The summed E-state index contributed by atoms with van der Waals surface area (Å²) in [5, 5.41) is 13.0. The Morgan fingerprint density at radius 1 is 1.42 bits per heavy atom. The molecule has 3 heteroatoms. The van der Waals surface area contributed by atoms with Crippen molar-refractivity contribution in [3.63, 3.8) is 0 Å². The number of para-hydroxylation sites is 1. The Morgan fingerprint density at radius 3 is 2.84 bits per heavy atom. The highest BCUT2D eigenvalue weighted by molar-refractivity contribution is 5.39. The SMILES string of the molecule is CCC(CO)NC1CC2(CCC2)Oc2ccccc21. The fourth-order valence-electron chi connectivity index (χ4n) is 3.23. The van der Waals surface area contributed by atoms with Crippen LogP contribution in [0.15, 0.2) is 24.3 Å². The van der Waals surface area contributed by atoms with Gasteiger partial charge in [-0.05, 0) is 31.7 Å². The number of benzene rings is 1. The lowest BCUT2D eigenvalue weighted by Gasteiger charge is -2.48. The van der Waals surface area contributed by atoms with E-state index in [2.05, 4.69) is 30.4 Å². The van der Waals surface area contributed by atoms with Gasteiger partial charge in [-0.2, -0.15) is 0 Å². The van der Waals surface area contributed by atoms with Gasteiger partial charge in [-0.25, -0.2) is 0 Å². The predicted octanol–water partition coefficient (Wildman–Crippen LogP) is 2.79. The van der Waals surface area contributed by atoms with Crippen molar-refractivity contribution >= 4 is 0 Å². The minimum absolute atomic E-state index is 0.0553. The van der Waals surface area contributed by atoms with Gasteiger partial charge < -0.3 is 15.2 Å². The van der Waals surface area contributed by atoms with Crippen molar-refractivity contribution in [1.29, 1.82) is 0 Å². The molecule has 1 fully saturated rings. The van der Waals surface area contributed by atoms with Crippen LogP contribution < -0.4 is 10.1 Å². The van der Waals surface area contributed by atoms with Crippen LogP contribution in [0.2, 0.25) is 0 Å². The molecule has 2 unspecified atom stereocenters. The molecule has 3 rings (SSSR count). The van der Waals surface area contributed by atoms with Crippen molar-refractivity contribution in [3.8, 4) is 5.75 Å². The number of aliphatic hydroxyl groups excluding tert-OH is 1. The molecule has 0 saturated heterocycles. The van der Waals surface area contributed by atoms with Crippen molar-refractivity contribution in [3.05, 3.63) is 29.8 Å². The molecule has 1 aliphatic carbocycles. The summed E-state index contributed by atoms with van der Waals surface area (Å²) in [6.45, 7) is 2.31. The first kappa shape index (κ1) is 12.9. The third-order valence-corrected chi connectivity index (χ3v) is 4.61. The van der Waals surface area contributed by atoms with Crippen LogP contribution in [0.3, 0.4) is 0 Å². The van der Waals surface area contributed by atoms with Gasteiger partial charge in [0.05, 0.1) is 6.61 Å². The molecule has 0 radical (unpaired) electrons. The van der Waals surface area contributed by atoms with Crippen LogP contribution in [0.1, 0.15) is 50.6 Å². The fraction of sp³-hybridized carbons (Fsp3) is 0.625. The monoisotopic (exact) mass is 261 g/mol. The average Bonchev–Trinajstić information content (AvgIpc) is 2.42. The van der Waals surface area contributed by atoms with Crippen LogP contribution in [0, 0.1) is 0 Å². The second-order valence-corrected chi connectivity index (χ2v) is 5.89. The van der Waals surface area contributed by atoms with E-state index >= 15 is 0 Å². The summed E-state index contributed by atoms with van der Waals surface area (Å²) in [6.07, 6.45) is 5.57. The highest BCUT2D eigenvalue weighted by Gasteiger charge is 2.45. The Labute approximate surface area is 115 Å². The summed E-state index contributed by atoms with van der Waals surface area (Å²) >= 11 is 0. The molecule has 2 aliphatic rings. The van der Waals surface area contributed by atoms with Gasteiger partial charge in [0.15, 0.2) is 0 Å². The van der Waals surface area contributed by atoms with Crippen LogP contribution in [0.5, 0.6) is 5.75 Å². The average molecular weight is 261 g/mol. The molecule has 0 amide bonds. The van der Waals surface area contributed by atoms with Gasteiger partial charge in [0.1, 0.15) is 11.4 Å². The number of fused-ring (bicyclic) bond motifs is 1. The van der Waals surface area contributed by atoms with E-state index in [1.165, 1.54) is 12.0 Å². The van der Waals surface area contributed by atoms with E-state index < -0.39 is 0 Å². The van der Waals surface area contributed by atoms with Gasteiger partial charge in [0.25, 0.3) is 0 Å². The third kappa shape index (κ3) is 2.37. The summed E-state index contributed by atoms with van der Waals surface area (Å²) in [5.41, 5.74) is 1.30. The molecule has 1 aromatic carbocycles. The number of nitrogens with one attached hydrogen (secondary N) is 1. The minimum atomic E-state index is 0.0553. The van der Waals surface area contributed by atoms with Gasteiger partial charge in [-0.1, -0.05) is 25.1 Å². The maximum absolute atomic E-state index is 9.41. The number of ether oxygens (including phenoxy) is 1. The largest absolute Gasteiger partial charge is 0.487 e. The van der Waals surface area contributed by atoms with Crippen LogP contribution in [0.4, 0.5) is 0 Å². The Bertz CT molecular complexity index is 438. The normalized spacial score (nSPS) is 25.3. The second kappa shape index (κ2) is 5.14. The lowest BCUT2D eigenvalue weighted by Crippen LogP contribution is -2.50. The Hall–Kier alpha value is -1.06. The van der Waals surface area contributed by atoms with Gasteiger partial charge in [-0.15, -0.1) is 0 Å². The van der Waals surface area contributed by atoms with Crippen LogP contribution >= 0.6 is 0 Å². The van der Waals surface area contributed by atoms with Crippen molar-refractivity contribution in [2.45, 2.75) is 56.7 Å². The number of hydrogen-bond donors (Lipinski definition) is 2. The molecule has 1 heterocycles. The van der Waals surface area contributed by atoms with Gasteiger partial charge in [-0.3, -0.25) is 0 Å². The molecule has 1 saturated carbocycles. The van der Waals surface area contributed by atoms with Crippen LogP contribution in [-0.4, -0.2) is 23.4 Å². The van der Waals surface area contributed by atoms with Crippen molar-refractivity contribution in [2.75, 3.05) is 6.61 Å². The zero-order valence-electron chi connectivity index (χ0n) is 11.6. The lowest BCUT2D eigenvalue weighted by molar-refractivity contribution is -0.0387. The third-order valence-electron chi connectivity index (χ3n) is 4.61. The van der Waals surface area contributed by atoms with Crippen molar-refractivity contribution in [1.82, 2.24) is 5.32 Å². The molecule has 1 spiro atoms. The Balaban J connectivity index is 1.85. The summed E-state index contributed by atoms with van der Waals surface area (Å²) in [5.74, 6) is 1.03. The number of hydrogen-bond acceptors (Lipinski definition) is 3. The van der Waals surface area contributed by atoms with Gasteiger partial charge in [0, 0.05) is 24.1 Å². The molecular weight excluding hydrogens is 238 g/mol. The molecule has 1 aromatic rings. The molecule has 104 valence electrons. The highest BCUT2D eigenvalue weighted by Crippen LogP contribution is 2.48. The summed E-state index contributed by atoms with van der Waals surface area (Å²) in [4.78, 5) is 0. The molecular formula is C16H23NO2. The molecule has 0 bridgehead atoms. The maximum Gasteiger partial charge on any atom is 0.124 e. The zero-order valence-corrected chi connectivity index (χ0v) is 11.6. The van der Waals surface area contributed by atoms with Gasteiger partial charge in [0.2, 0.25) is 0 Å². The number of aliphatic hydroxyl groups is 1. The van der Waals surface area contributed by atoms with Crippen LogP contribution in [-0.2, 0) is 0 Å². The first-order valence-corrected chi connectivity index (χ1v) is 7.41. The smallest absolute Gasteiger partial charge is 0.124 e. The van der Waals surface area contributed by atoms with Crippen molar-refractivity contribution < 1.29 is 9.84 Å². The highest BCUT2D eigenvalue weighted by atomic mass is 16.5.